The van der Waals surface area contributed by atoms with Crippen molar-refractivity contribution in [2.24, 2.45) is 0 Å². The zero-order chi connectivity index (χ0) is 22.4. The third-order valence-corrected chi connectivity index (χ3v) is 4.47. The van der Waals surface area contributed by atoms with Crippen LogP contribution in [0.3, 0.4) is 0 Å². The third-order valence-electron chi connectivity index (χ3n) is 4.22. The lowest BCUT2D eigenvalue weighted by Gasteiger charge is -2.16. The number of benzene rings is 2. The molecule has 1 amide bonds. The summed E-state index contributed by atoms with van der Waals surface area (Å²) in [5.41, 5.74) is 0.976. The fourth-order valence-corrected chi connectivity index (χ4v) is 2.92. The smallest absolute Gasteiger partial charge is 0.394 e. The average Bonchev–Trinajstić information content (AvgIpc) is 3.16. The van der Waals surface area contributed by atoms with Crippen LogP contribution in [0.4, 0.5) is 8.78 Å². The summed E-state index contributed by atoms with van der Waals surface area (Å²) in [7, 11) is 0. The van der Waals surface area contributed by atoms with Gasteiger partial charge in [-0.1, -0.05) is 16.8 Å². The lowest BCUT2D eigenvalue weighted by atomic mass is 10.1. The molecule has 1 heterocycles. The summed E-state index contributed by atoms with van der Waals surface area (Å²) >= 11 is 5.84. The van der Waals surface area contributed by atoms with Crippen LogP contribution in [0.25, 0.3) is 11.4 Å². The Kier molecular flexibility index (Phi) is 7.19. The Morgan fingerprint density at radius 3 is 2.52 bits per heavy atom. The number of rotatable bonds is 9. The van der Waals surface area contributed by atoms with Crippen LogP contribution in [0, 0.1) is 0 Å². The van der Waals surface area contributed by atoms with Crippen LogP contribution in [0.2, 0.25) is 5.02 Å². The molecule has 0 spiro atoms. The summed E-state index contributed by atoms with van der Waals surface area (Å²) in [4.78, 5) is 16.7. The van der Waals surface area contributed by atoms with Crippen LogP contribution >= 0.6 is 11.6 Å². The molecule has 1 aromatic heterocycles. The van der Waals surface area contributed by atoms with E-state index in [0.29, 0.717) is 23.1 Å². The highest BCUT2D eigenvalue weighted by Crippen LogP contribution is 2.24. The van der Waals surface area contributed by atoms with Gasteiger partial charge in [0.15, 0.2) is 0 Å². The monoisotopic (exact) mass is 451 g/mol. The highest BCUT2D eigenvalue weighted by Gasteiger charge is 2.23. The molecule has 2 aromatic carbocycles. The number of carbonyl (C=O) groups excluding carboxylic acids is 1. The molecule has 7 nitrogen and oxygen atoms in total. The van der Waals surface area contributed by atoms with Gasteiger partial charge in [0.1, 0.15) is 5.75 Å². The number of hydrogen-bond acceptors (Lipinski definition) is 6. The van der Waals surface area contributed by atoms with Gasteiger partial charge < -0.3 is 19.7 Å². The predicted molar refractivity (Wildman–Crippen MR) is 109 cm³/mol. The standard InChI is InChI=1S/C21H20ClF2N3O4/c1-21(23,24)30-17-8-4-13(5-9-17)19-26-18(31-27-19)12-16(10-11-28)25-20(29)14-2-6-15(22)7-3-14/h2-9,16,28H,10-12H2,1H3,(H,25,29). The molecular weight excluding hydrogens is 432 g/mol. The molecule has 0 fully saturated rings. The van der Waals surface area contributed by atoms with E-state index in [1.165, 1.54) is 24.3 Å². The summed E-state index contributed by atoms with van der Waals surface area (Å²) in [6.45, 7) is 0.511. The number of aliphatic hydroxyl groups is 1. The Hall–Kier alpha value is -3.04. The fourth-order valence-electron chi connectivity index (χ4n) is 2.80. The van der Waals surface area contributed by atoms with Crippen LogP contribution in [0.5, 0.6) is 5.75 Å². The molecule has 3 aromatic rings. The Bertz CT molecular complexity index is 1000. The molecule has 31 heavy (non-hydrogen) atoms. The highest BCUT2D eigenvalue weighted by atomic mass is 35.5. The number of hydrogen-bond donors (Lipinski definition) is 2. The Morgan fingerprint density at radius 1 is 1.23 bits per heavy atom. The maximum atomic E-state index is 12.9. The van der Waals surface area contributed by atoms with Gasteiger partial charge in [-0.3, -0.25) is 4.79 Å². The lowest BCUT2D eigenvalue weighted by Crippen LogP contribution is -2.37. The van der Waals surface area contributed by atoms with Crippen molar-refractivity contribution in [3.05, 3.63) is 65.0 Å². The molecule has 0 aliphatic heterocycles. The normalized spacial score (nSPS) is 12.4. The van der Waals surface area contributed by atoms with Crippen LogP contribution < -0.4 is 10.1 Å². The minimum Gasteiger partial charge on any atom is -0.433 e. The summed E-state index contributed by atoms with van der Waals surface area (Å²) in [6.07, 6.45) is -2.79. The van der Waals surface area contributed by atoms with E-state index in [0.717, 1.165) is 0 Å². The molecule has 2 N–H and O–H groups in total. The number of halogens is 3. The molecule has 1 atom stereocenters. The molecular formula is C21H20ClF2N3O4. The molecule has 0 aliphatic rings. The number of carbonyl (C=O) groups is 1. The Labute approximate surface area is 182 Å². The van der Waals surface area contributed by atoms with Crippen molar-refractivity contribution in [2.75, 3.05) is 6.61 Å². The second-order valence-corrected chi connectivity index (χ2v) is 7.28. The zero-order valence-electron chi connectivity index (χ0n) is 16.5. The van der Waals surface area contributed by atoms with E-state index in [1.807, 2.05) is 0 Å². The summed E-state index contributed by atoms with van der Waals surface area (Å²) in [5, 5.41) is 16.6. The second kappa shape index (κ2) is 9.84. The van der Waals surface area contributed by atoms with E-state index in [9.17, 15) is 18.7 Å². The maximum Gasteiger partial charge on any atom is 0.394 e. The molecule has 3 rings (SSSR count). The molecule has 1 unspecified atom stereocenters. The van der Waals surface area contributed by atoms with Gasteiger partial charge in [0.2, 0.25) is 11.7 Å². The maximum absolute atomic E-state index is 12.9. The second-order valence-electron chi connectivity index (χ2n) is 6.84. The minimum absolute atomic E-state index is 0.00731. The zero-order valence-corrected chi connectivity index (χ0v) is 17.3. The van der Waals surface area contributed by atoms with E-state index >= 15 is 0 Å². The van der Waals surface area contributed by atoms with Gasteiger partial charge in [0.05, 0.1) is 0 Å². The Morgan fingerprint density at radius 2 is 1.90 bits per heavy atom. The van der Waals surface area contributed by atoms with Gasteiger partial charge in [-0.25, -0.2) is 0 Å². The van der Waals surface area contributed by atoms with Crippen LogP contribution in [0.1, 0.15) is 29.6 Å². The topological polar surface area (TPSA) is 97.5 Å². The fraction of sp³-hybridized carbons (Fsp3) is 0.286. The summed E-state index contributed by atoms with van der Waals surface area (Å²) in [5.74, 6) is 0.202. The lowest BCUT2D eigenvalue weighted by molar-refractivity contribution is -0.158. The van der Waals surface area contributed by atoms with Crippen molar-refractivity contribution < 1.29 is 27.9 Å². The van der Waals surface area contributed by atoms with Gasteiger partial charge in [-0.05, 0) is 55.0 Å². The first-order chi connectivity index (χ1) is 14.7. The molecule has 0 aliphatic carbocycles. The van der Waals surface area contributed by atoms with E-state index in [4.69, 9.17) is 16.1 Å². The first-order valence-electron chi connectivity index (χ1n) is 9.40. The SMILES string of the molecule is CC(F)(F)Oc1ccc(-c2noc(CC(CCO)NC(=O)c3ccc(Cl)cc3)n2)cc1. The highest BCUT2D eigenvalue weighted by molar-refractivity contribution is 6.30. The van der Waals surface area contributed by atoms with E-state index in [1.54, 1.807) is 24.3 Å². The van der Waals surface area contributed by atoms with Gasteiger partial charge in [0.25, 0.3) is 5.91 Å². The third kappa shape index (κ3) is 6.73. The predicted octanol–water partition coefficient (Wildman–Crippen LogP) is 4.11. The van der Waals surface area contributed by atoms with Crippen LogP contribution in [0.15, 0.2) is 53.1 Å². The average molecular weight is 452 g/mol. The van der Waals surface area contributed by atoms with Crippen molar-refractivity contribution in [1.29, 1.82) is 0 Å². The molecule has 0 saturated heterocycles. The largest absolute Gasteiger partial charge is 0.433 e. The van der Waals surface area contributed by atoms with Crippen molar-refractivity contribution in [3.63, 3.8) is 0 Å². The number of nitrogens with one attached hydrogen (secondary N) is 1. The van der Waals surface area contributed by atoms with Crippen molar-refractivity contribution in [2.45, 2.75) is 31.9 Å². The van der Waals surface area contributed by atoms with Gasteiger partial charge >= 0.3 is 6.11 Å². The van der Waals surface area contributed by atoms with Crippen LogP contribution in [-0.2, 0) is 6.42 Å². The van der Waals surface area contributed by atoms with E-state index in [2.05, 4.69) is 20.2 Å². The molecule has 0 radical (unpaired) electrons. The molecule has 0 saturated carbocycles. The van der Waals surface area contributed by atoms with Crippen molar-refractivity contribution in [3.8, 4) is 17.1 Å². The number of ether oxygens (including phenoxy) is 1. The number of alkyl halides is 2. The number of amides is 1. The van der Waals surface area contributed by atoms with Gasteiger partial charge in [-0.2, -0.15) is 13.8 Å². The quantitative estimate of drug-likeness (QED) is 0.508. The molecule has 0 bridgehead atoms. The number of nitrogens with zero attached hydrogens (tertiary/aromatic N) is 2. The first-order valence-corrected chi connectivity index (χ1v) is 9.78. The van der Waals surface area contributed by atoms with Gasteiger partial charge in [0, 0.05) is 42.1 Å². The van der Waals surface area contributed by atoms with E-state index in [-0.39, 0.29) is 42.8 Å². The van der Waals surface area contributed by atoms with Crippen molar-refractivity contribution >= 4 is 17.5 Å². The first kappa shape index (κ1) is 22.6. The van der Waals surface area contributed by atoms with Gasteiger partial charge in [-0.15, -0.1) is 0 Å². The number of aliphatic hydroxyl groups excluding tert-OH is 1. The minimum atomic E-state index is -3.28. The summed E-state index contributed by atoms with van der Waals surface area (Å²) < 4.78 is 35.6. The Balaban J connectivity index is 1.65. The molecule has 10 heteroatoms. The summed E-state index contributed by atoms with van der Waals surface area (Å²) in [6, 6.07) is 11.8. The number of aromatic nitrogens is 2. The van der Waals surface area contributed by atoms with Crippen LogP contribution in [-0.4, -0.2) is 39.9 Å². The molecule has 164 valence electrons. The van der Waals surface area contributed by atoms with E-state index < -0.39 is 12.2 Å². The van der Waals surface area contributed by atoms with Crippen molar-refractivity contribution in [1.82, 2.24) is 15.5 Å².